The number of carbonyl (C=O) groups is 1. The molecular formula is C36H39Cl2NO3S. The molecule has 0 radical (unpaired) electrons. The highest BCUT2D eigenvalue weighted by Gasteiger charge is 2.22. The number of nitrogens with zero attached hydrogens (tertiary/aromatic N) is 1. The molecule has 0 aliphatic carbocycles. The fourth-order valence-electron chi connectivity index (χ4n) is 5.25. The standard InChI is InChI=1S/C36H39Cl2NO3S/c1-4-31(35(40)41)32-22-28(37)14-10-25(32)13-18-34(43-20-6-19-36(2,3)42)27-8-5-7-24(21-27)9-16-30-17-12-26-11-15-29(38)23-33(26)39-30/h5,7-12,14-17,21-23,31,34,42H,4,6,13,18-20H2,1-3H3,(H,40,41)/t31?,34-/m0/s1. The molecule has 7 heteroatoms. The summed E-state index contributed by atoms with van der Waals surface area (Å²) in [7, 11) is 0. The molecule has 226 valence electrons. The summed E-state index contributed by atoms with van der Waals surface area (Å²) in [5.74, 6) is -0.495. The van der Waals surface area contributed by atoms with Crippen molar-refractivity contribution in [2.24, 2.45) is 0 Å². The zero-order chi connectivity index (χ0) is 31.0. The zero-order valence-corrected chi connectivity index (χ0v) is 27.2. The Hall–Kier alpha value is -2.83. The van der Waals surface area contributed by atoms with Gasteiger partial charge in [-0.3, -0.25) is 4.79 Å². The van der Waals surface area contributed by atoms with Gasteiger partial charge in [-0.25, -0.2) is 4.98 Å². The molecule has 1 unspecified atom stereocenters. The van der Waals surface area contributed by atoms with E-state index in [9.17, 15) is 15.0 Å². The number of benzene rings is 3. The number of hydrogen-bond acceptors (Lipinski definition) is 4. The van der Waals surface area contributed by atoms with Crippen molar-refractivity contribution in [3.63, 3.8) is 0 Å². The number of hydrogen-bond donors (Lipinski definition) is 2. The van der Waals surface area contributed by atoms with Gasteiger partial charge in [-0.05, 0) is 110 Å². The predicted molar refractivity (Wildman–Crippen MR) is 183 cm³/mol. The van der Waals surface area contributed by atoms with Gasteiger partial charge in [0.2, 0.25) is 0 Å². The molecule has 1 heterocycles. The zero-order valence-electron chi connectivity index (χ0n) is 24.9. The first-order chi connectivity index (χ1) is 20.5. The maximum Gasteiger partial charge on any atom is 0.310 e. The van der Waals surface area contributed by atoms with Crippen molar-refractivity contribution in [1.29, 1.82) is 0 Å². The Morgan fingerprint density at radius 1 is 1.00 bits per heavy atom. The number of pyridine rings is 1. The number of carboxylic acid groups (broad SMARTS) is 1. The van der Waals surface area contributed by atoms with E-state index in [1.54, 1.807) is 0 Å². The van der Waals surface area contributed by atoms with Gasteiger partial charge in [-0.15, -0.1) is 0 Å². The second kappa shape index (κ2) is 15.3. The summed E-state index contributed by atoms with van der Waals surface area (Å²) < 4.78 is 0. The van der Waals surface area contributed by atoms with E-state index in [0.29, 0.717) is 16.5 Å². The summed E-state index contributed by atoms with van der Waals surface area (Å²) in [6.07, 6.45) is 7.82. The highest BCUT2D eigenvalue weighted by Crippen LogP contribution is 2.37. The smallest absolute Gasteiger partial charge is 0.310 e. The Morgan fingerprint density at radius 3 is 2.49 bits per heavy atom. The van der Waals surface area contributed by atoms with Crippen LogP contribution in [0.4, 0.5) is 0 Å². The van der Waals surface area contributed by atoms with Crippen LogP contribution in [0, 0.1) is 0 Å². The van der Waals surface area contributed by atoms with Gasteiger partial charge in [-0.2, -0.15) is 11.8 Å². The first-order valence-electron chi connectivity index (χ1n) is 14.7. The molecule has 3 aromatic carbocycles. The van der Waals surface area contributed by atoms with Crippen LogP contribution in [0.1, 0.15) is 85.6 Å². The van der Waals surface area contributed by atoms with E-state index in [4.69, 9.17) is 28.2 Å². The fourth-order valence-corrected chi connectivity index (χ4v) is 6.82. The van der Waals surface area contributed by atoms with Crippen LogP contribution < -0.4 is 0 Å². The van der Waals surface area contributed by atoms with E-state index in [-0.39, 0.29) is 5.25 Å². The van der Waals surface area contributed by atoms with Crippen molar-refractivity contribution in [2.75, 3.05) is 5.75 Å². The maximum atomic E-state index is 12.0. The van der Waals surface area contributed by atoms with Gasteiger partial charge in [0.1, 0.15) is 0 Å². The van der Waals surface area contributed by atoms with Crippen molar-refractivity contribution in [3.05, 3.63) is 111 Å². The maximum absolute atomic E-state index is 12.0. The third kappa shape index (κ3) is 9.84. The Kier molecular flexibility index (Phi) is 11.7. The van der Waals surface area contributed by atoms with Gasteiger partial charge >= 0.3 is 5.97 Å². The highest BCUT2D eigenvalue weighted by atomic mass is 35.5. The van der Waals surface area contributed by atoms with Gasteiger partial charge in [0.25, 0.3) is 0 Å². The lowest BCUT2D eigenvalue weighted by Crippen LogP contribution is -2.18. The monoisotopic (exact) mass is 635 g/mol. The average molecular weight is 637 g/mol. The Morgan fingerprint density at radius 2 is 1.74 bits per heavy atom. The fraction of sp³-hybridized carbons (Fsp3) is 0.333. The molecule has 0 aliphatic rings. The molecule has 2 atom stereocenters. The van der Waals surface area contributed by atoms with E-state index in [2.05, 4.69) is 30.3 Å². The van der Waals surface area contributed by atoms with Crippen molar-refractivity contribution in [3.8, 4) is 0 Å². The molecule has 0 saturated carbocycles. The molecule has 1 aromatic heterocycles. The Balaban J connectivity index is 1.56. The van der Waals surface area contributed by atoms with Crippen LogP contribution in [0.2, 0.25) is 10.0 Å². The number of halogens is 2. The summed E-state index contributed by atoms with van der Waals surface area (Å²) >= 11 is 14.4. The Bertz CT molecular complexity index is 1580. The predicted octanol–water partition coefficient (Wildman–Crippen LogP) is 10.2. The molecule has 4 aromatic rings. The summed E-state index contributed by atoms with van der Waals surface area (Å²) in [4.78, 5) is 16.7. The van der Waals surface area contributed by atoms with Crippen LogP contribution in [-0.2, 0) is 11.2 Å². The molecule has 2 N–H and O–H groups in total. The lowest BCUT2D eigenvalue weighted by Gasteiger charge is -2.21. The number of carboxylic acids is 1. The van der Waals surface area contributed by atoms with Crippen molar-refractivity contribution >= 4 is 64.0 Å². The van der Waals surface area contributed by atoms with E-state index < -0.39 is 17.5 Å². The summed E-state index contributed by atoms with van der Waals surface area (Å²) in [6.45, 7) is 5.59. The molecule has 0 aliphatic heterocycles. The van der Waals surface area contributed by atoms with Crippen LogP contribution in [-0.4, -0.2) is 32.5 Å². The first-order valence-corrected chi connectivity index (χ1v) is 16.5. The summed E-state index contributed by atoms with van der Waals surface area (Å²) in [6, 6.07) is 23.9. The SMILES string of the molecule is CCC(C(=O)O)c1cc(Cl)ccc1CC[C@H](SCCCC(C)(C)O)c1cccc(C=Cc2ccc3ccc(Cl)cc3n2)c1. The molecule has 0 fully saturated rings. The normalized spacial score (nSPS) is 13.4. The van der Waals surface area contributed by atoms with Crippen LogP contribution in [0.15, 0.2) is 72.8 Å². The molecule has 0 saturated heterocycles. The minimum absolute atomic E-state index is 0.199. The summed E-state index contributed by atoms with van der Waals surface area (Å²) in [5, 5.41) is 22.5. The van der Waals surface area contributed by atoms with Gasteiger partial charge < -0.3 is 10.2 Å². The number of thioether (sulfide) groups is 1. The number of fused-ring (bicyclic) bond motifs is 1. The second-order valence-corrected chi connectivity index (χ2v) is 13.7. The minimum atomic E-state index is -0.827. The molecule has 0 amide bonds. The van der Waals surface area contributed by atoms with Crippen LogP contribution in [0.25, 0.3) is 23.1 Å². The molecule has 43 heavy (non-hydrogen) atoms. The number of aryl methyl sites for hydroxylation is 1. The molecular weight excluding hydrogens is 597 g/mol. The molecule has 4 rings (SSSR count). The van der Waals surface area contributed by atoms with Crippen LogP contribution >= 0.6 is 35.0 Å². The average Bonchev–Trinajstić information content (AvgIpc) is 2.96. The van der Waals surface area contributed by atoms with Crippen molar-refractivity contribution < 1.29 is 15.0 Å². The van der Waals surface area contributed by atoms with Crippen molar-refractivity contribution in [1.82, 2.24) is 4.98 Å². The minimum Gasteiger partial charge on any atom is -0.481 e. The first kappa shape index (κ1) is 33.1. The quantitative estimate of drug-likeness (QED) is 0.135. The number of aliphatic hydroxyl groups is 1. The largest absolute Gasteiger partial charge is 0.481 e. The third-order valence-corrected chi connectivity index (χ3v) is 9.43. The van der Waals surface area contributed by atoms with Crippen LogP contribution in [0.5, 0.6) is 0 Å². The summed E-state index contributed by atoms with van der Waals surface area (Å²) in [5.41, 5.74) is 5.16. The number of aliphatic carboxylic acids is 1. The van der Waals surface area contributed by atoms with Gasteiger partial charge in [0.15, 0.2) is 0 Å². The third-order valence-electron chi connectivity index (χ3n) is 7.52. The lowest BCUT2D eigenvalue weighted by atomic mass is 9.89. The number of rotatable bonds is 14. The van der Waals surface area contributed by atoms with Crippen LogP contribution in [0.3, 0.4) is 0 Å². The topological polar surface area (TPSA) is 70.4 Å². The lowest BCUT2D eigenvalue weighted by molar-refractivity contribution is -0.138. The van der Waals surface area contributed by atoms with Gasteiger partial charge in [-0.1, -0.05) is 78.7 Å². The molecule has 4 nitrogen and oxygen atoms in total. The Labute approximate surface area is 269 Å². The highest BCUT2D eigenvalue weighted by molar-refractivity contribution is 7.99. The van der Waals surface area contributed by atoms with E-state index >= 15 is 0 Å². The van der Waals surface area contributed by atoms with Crippen molar-refractivity contribution in [2.45, 2.75) is 69.6 Å². The molecule has 0 bridgehead atoms. The number of aromatic nitrogens is 1. The second-order valence-electron chi connectivity index (χ2n) is 11.5. The van der Waals surface area contributed by atoms with E-state index in [1.165, 1.54) is 5.56 Å². The van der Waals surface area contributed by atoms with Gasteiger partial charge in [0, 0.05) is 20.7 Å². The van der Waals surface area contributed by atoms with Gasteiger partial charge in [0.05, 0.1) is 22.7 Å². The van der Waals surface area contributed by atoms with E-state index in [0.717, 1.165) is 64.7 Å². The van der Waals surface area contributed by atoms with E-state index in [1.807, 2.05) is 87.1 Å². The molecule has 0 spiro atoms.